The van der Waals surface area contributed by atoms with E-state index in [1.807, 2.05) is 50.2 Å². The summed E-state index contributed by atoms with van der Waals surface area (Å²) in [4.78, 5) is 12.3. The van der Waals surface area contributed by atoms with E-state index in [0.29, 0.717) is 0 Å². The molecule has 23 heavy (non-hydrogen) atoms. The van der Waals surface area contributed by atoms with Crippen molar-refractivity contribution in [1.82, 2.24) is 0 Å². The molecule has 118 valence electrons. The molecule has 0 fully saturated rings. The zero-order valence-electron chi connectivity index (χ0n) is 13.5. The molecule has 0 aliphatic carbocycles. The normalized spacial score (nSPS) is 10.7. The summed E-state index contributed by atoms with van der Waals surface area (Å²) in [6, 6.07) is 11.5. The minimum atomic E-state index is -0.0581. The molecule has 3 aromatic rings. The van der Waals surface area contributed by atoms with Crippen molar-refractivity contribution in [1.29, 1.82) is 0 Å². The van der Waals surface area contributed by atoms with Crippen LogP contribution in [-0.4, -0.2) is 13.0 Å². The molecule has 4 heteroatoms. The fraction of sp³-hybridized carbons (Fsp3) is 0.211. The summed E-state index contributed by atoms with van der Waals surface area (Å²) in [5.74, 6) is 0.676. The first kappa shape index (κ1) is 15.2. The number of nitrogens with one attached hydrogen (secondary N) is 1. The van der Waals surface area contributed by atoms with E-state index in [0.717, 1.165) is 39.1 Å². The van der Waals surface area contributed by atoms with Gasteiger partial charge in [0.2, 0.25) is 5.91 Å². The Morgan fingerprint density at radius 3 is 2.83 bits per heavy atom. The summed E-state index contributed by atoms with van der Waals surface area (Å²) in [5, 5.41) is 3.90. The molecule has 0 bridgehead atoms. The van der Waals surface area contributed by atoms with E-state index in [2.05, 4.69) is 5.32 Å². The van der Waals surface area contributed by atoms with Gasteiger partial charge in [-0.05, 0) is 43.2 Å². The van der Waals surface area contributed by atoms with Crippen LogP contribution in [0.15, 0.2) is 47.1 Å². The van der Waals surface area contributed by atoms with Gasteiger partial charge in [-0.25, -0.2) is 0 Å². The second-order valence-electron chi connectivity index (χ2n) is 5.60. The molecule has 0 aliphatic heterocycles. The third kappa shape index (κ3) is 3.06. The first-order valence-corrected chi connectivity index (χ1v) is 7.48. The van der Waals surface area contributed by atoms with E-state index in [1.165, 1.54) is 0 Å². The van der Waals surface area contributed by atoms with Crippen molar-refractivity contribution in [2.75, 3.05) is 12.4 Å². The number of carbonyl (C=O) groups excluding carboxylic acids is 1. The molecule has 0 radical (unpaired) electrons. The molecule has 1 amide bonds. The molecule has 0 aliphatic rings. The van der Waals surface area contributed by atoms with Gasteiger partial charge in [0.25, 0.3) is 0 Å². The number of benzene rings is 2. The Bertz CT molecular complexity index is 864. The number of ether oxygens (including phenoxy) is 1. The fourth-order valence-corrected chi connectivity index (χ4v) is 2.58. The van der Waals surface area contributed by atoms with Crippen LogP contribution >= 0.6 is 0 Å². The van der Waals surface area contributed by atoms with Crippen LogP contribution in [0, 0.1) is 13.8 Å². The van der Waals surface area contributed by atoms with E-state index in [-0.39, 0.29) is 12.3 Å². The van der Waals surface area contributed by atoms with Crippen LogP contribution in [0.5, 0.6) is 5.75 Å². The maximum absolute atomic E-state index is 12.3. The first-order valence-electron chi connectivity index (χ1n) is 7.48. The van der Waals surface area contributed by atoms with E-state index in [9.17, 15) is 4.79 Å². The topological polar surface area (TPSA) is 51.5 Å². The SMILES string of the molecule is COc1ccc2c(CC(=O)Nc3cccc(C)c3C)coc2c1. The van der Waals surface area contributed by atoms with Crippen molar-refractivity contribution in [2.45, 2.75) is 20.3 Å². The van der Waals surface area contributed by atoms with Gasteiger partial charge in [0.05, 0.1) is 19.8 Å². The monoisotopic (exact) mass is 309 g/mol. The van der Waals surface area contributed by atoms with Crippen molar-refractivity contribution in [3.05, 3.63) is 59.4 Å². The number of anilines is 1. The van der Waals surface area contributed by atoms with Crippen LogP contribution in [0.3, 0.4) is 0 Å². The summed E-state index contributed by atoms with van der Waals surface area (Å²) in [5.41, 5.74) is 4.68. The standard InChI is InChI=1S/C19H19NO3/c1-12-5-4-6-17(13(12)2)20-19(21)9-14-11-23-18-10-15(22-3)7-8-16(14)18/h4-8,10-11H,9H2,1-3H3,(H,20,21). The predicted molar refractivity (Wildman–Crippen MR) is 91.0 cm³/mol. The molecule has 3 rings (SSSR count). The Morgan fingerprint density at radius 1 is 1.22 bits per heavy atom. The summed E-state index contributed by atoms with van der Waals surface area (Å²) in [6.45, 7) is 4.03. The van der Waals surface area contributed by atoms with E-state index in [4.69, 9.17) is 9.15 Å². The van der Waals surface area contributed by atoms with Crippen LogP contribution < -0.4 is 10.1 Å². The van der Waals surface area contributed by atoms with Gasteiger partial charge < -0.3 is 14.5 Å². The molecular weight excluding hydrogens is 290 g/mol. The number of hydrogen-bond donors (Lipinski definition) is 1. The minimum absolute atomic E-state index is 0.0581. The molecule has 0 unspecified atom stereocenters. The van der Waals surface area contributed by atoms with Crippen molar-refractivity contribution >= 4 is 22.6 Å². The second-order valence-corrected chi connectivity index (χ2v) is 5.60. The second kappa shape index (κ2) is 6.16. The van der Waals surface area contributed by atoms with Gasteiger partial charge in [-0.15, -0.1) is 0 Å². The van der Waals surface area contributed by atoms with Crippen molar-refractivity contribution in [2.24, 2.45) is 0 Å². The lowest BCUT2D eigenvalue weighted by molar-refractivity contribution is -0.115. The number of aryl methyl sites for hydroxylation is 1. The highest BCUT2D eigenvalue weighted by Gasteiger charge is 2.12. The Labute approximate surface area is 135 Å². The quantitative estimate of drug-likeness (QED) is 0.784. The number of methoxy groups -OCH3 is 1. The van der Waals surface area contributed by atoms with Crippen molar-refractivity contribution < 1.29 is 13.9 Å². The summed E-state index contributed by atoms with van der Waals surface area (Å²) in [6.07, 6.45) is 1.90. The predicted octanol–water partition coefficient (Wildman–Crippen LogP) is 4.24. The highest BCUT2D eigenvalue weighted by Crippen LogP contribution is 2.26. The van der Waals surface area contributed by atoms with Gasteiger partial charge in [0.1, 0.15) is 11.3 Å². The third-order valence-corrected chi connectivity index (χ3v) is 4.09. The molecule has 1 aromatic heterocycles. The lowest BCUT2D eigenvalue weighted by Crippen LogP contribution is -2.15. The Kier molecular flexibility index (Phi) is 4.06. The molecule has 1 N–H and O–H groups in total. The lowest BCUT2D eigenvalue weighted by atomic mass is 10.1. The zero-order valence-corrected chi connectivity index (χ0v) is 13.5. The third-order valence-electron chi connectivity index (χ3n) is 4.09. The lowest BCUT2D eigenvalue weighted by Gasteiger charge is -2.10. The summed E-state index contributed by atoms with van der Waals surface area (Å²) < 4.78 is 10.7. The Hall–Kier alpha value is -2.75. The highest BCUT2D eigenvalue weighted by molar-refractivity contribution is 5.96. The molecule has 4 nitrogen and oxygen atoms in total. The van der Waals surface area contributed by atoms with Crippen LogP contribution in [0.1, 0.15) is 16.7 Å². The van der Waals surface area contributed by atoms with Gasteiger partial charge in [0, 0.05) is 22.7 Å². The van der Waals surface area contributed by atoms with Gasteiger partial charge >= 0.3 is 0 Å². The number of hydrogen-bond acceptors (Lipinski definition) is 3. The molecule has 0 spiro atoms. The van der Waals surface area contributed by atoms with E-state index in [1.54, 1.807) is 13.4 Å². The molecule has 1 heterocycles. The molecular formula is C19H19NO3. The number of rotatable bonds is 4. The molecule has 2 aromatic carbocycles. The average molecular weight is 309 g/mol. The maximum atomic E-state index is 12.3. The van der Waals surface area contributed by atoms with Gasteiger partial charge in [-0.2, -0.15) is 0 Å². The maximum Gasteiger partial charge on any atom is 0.228 e. The first-order chi connectivity index (χ1) is 11.1. The Morgan fingerprint density at radius 2 is 2.04 bits per heavy atom. The summed E-state index contributed by atoms with van der Waals surface area (Å²) >= 11 is 0. The van der Waals surface area contributed by atoms with Crippen LogP contribution in [-0.2, 0) is 11.2 Å². The van der Waals surface area contributed by atoms with Crippen molar-refractivity contribution in [3.63, 3.8) is 0 Å². The zero-order chi connectivity index (χ0) is 16.4. The molecule has 0 saturated heterocycles. The van der Waals surface area contributed by atoms with Crippen LogP contribution in [0.4, 0.5) is 5.69 Å². The number of fused-ring (bicyclic) bond motifs is 1. The van der Waals surface area contributed by atoms with Gasteiger partial charge in [-0.1, -0.05) is 12.1 Å². The number of carbonyl (C=O) groups is 1. The van der Waals surface area contributed by atoms with Gasteiger partial charge in [-0.3, -0.25) is 4.79 Å². The minimum Gasteiger partial charge on any atom is -0.497 e. The summed E-state index contributed by atoms with van der Waals surface area (Å²) in [7, 11) is 1.61. The van der Waals surface area contributed by atoms with Crippen molar-refractivity contribution in [3.8, 4) is 5.75 Å². The van der Waals surface area contributed by atoms with Crippen LogP contribution in [0.25, 0.3) is 11.0 Å². The largest absolute Gasteiger partial charge is 0.497 e. The van der Waals surface area contributed by atoms with Gasteiger partial charge in [0.15, 0.2) is 0 Å². The smallest absolute Gasteiger partial charge is 0.228 e. The van der Waals surface area contributed by atoms with E-state index < -0.39 is 0 Å². The fourth-order valence-electron chi connectivity index (χ4n) is 2.58. The van der Waals surface area contributed by atoms with Crippen LogP contribution in [0.2, 0.25) is 0 Å². The molecule has 0 atom stereocenters. The Balaban J connectivity index is 1.79. The average Bonchev–Trinajstić information content (AvgIpc) is 2.94. The number of amides is 1. The molecule has 0 saturated carbocycles. The highest BCUT2D eigenvalue weighted by atomic mass is 16.5. The van der Waals surface area contributed by atoms with E-state index >= 15 is 0 Å². The number of furan rings is 1.